The van der Waals surface area contributed by atoms with Gasteiger partial charge in [0.25, 0.3) is 0 Å². The highest BCUT2D eigenvalue weighted by atomic mass is 16.5. The average Bonchev–Trinajstić information content (AvgIpc) is 2.56. The highest BCUT2D eigenvalue weighted by Crippen LogP contribution is 2.22. The molecule has 2 nitrogen and oxygen atoms in total. The largest absolute Gasteiger partial charge is 0.491 e. The van der Waals surface area contributed by atoms with E-state index in [2.05, 4.69) is 88.5 Å². The van der Waals surface area contributed by atoms with Crippen molar-refractivity contribution in [3.8, 4) is 5.75 Å². The molecule has 1 N–H and O–H groups in total. The van der Waals surface area contributed by atoms with Crippen LogP contribution in [-0.2, 0) is 18.5 Å². The van der Waals surface area contributed by atoms with Gasteiger partial charge in [0.2, 0.25) is 0 Å². The standard InChI is InChI=1S/C22H31NO/c1-6-17(2)24-21-13-9-19(10-14-21)16-23-15-18-7-11-20(12-8-18)22(3,4)5/h7-14,17,23H,6,15-16H2,1-5H3. The van der Waals surface area contributed by atoms with Crippen molar-refractivity contribution in [1.29, 1.82) is 0 Å². The summed E-state index contributed by atoms with van der Waals surface area (Å²) in [4.78, 5) is 0. The molecule has 0 radical (unpaired) electrons. The summed E-state index contributed by atoms with van der Waals surface area (Å²) in [5.74, 6) is 0.950. The first kappa shape index (κ1) is 18.5. The lowest BCUT2D eigenvalue weighted by Gasteiger charge is -2.19. The smallest absolute Gasteiger partial charge is 0.119 e. The predicted molar refractivity (Wildman–Crippen MR) is 103 cm³/mol. The fourth-order valence-corrected chi connectivity index (χ4v) is 2.48. The van der Waals surface area contributed by atoms with Crippen molar-refractivity contribution in [3.63, 3.8) is 0 Å². The molecule has 0 fully saturated rings. The van der Waals surface area contributed by atoms with Gasteiger partial charge >= 0.3 is 0 Å². The third-order valence-corrected chi connectivity index (χ3v) is 4.31. The normalized spacial score (nSPS) is 12.9. The minimum absolute atomic E-state index is 0.213. The van der Waals surface area contributed by atoms with Crippen LogP contribution in [0.25, 0.3) is 0 Å². The Kier molecular flexibility index (Phi) is 6.44. The van der Waals surface area contributed by atoms with E-state index in [4.69, 9.17) is 4.74 Å². The van der Waals surface area contributed by atoms with Crippen LogP contribution in [0.5, 0.6) is 5.75 Å². The number of nitrogens with one attached hydrogen (secondary N) is 1. The minimum Gasteiger partial charge on any atom is -0.491 e. The zero-order valence-electron chi connectivity index (χ0n) is 15.7. The van der Waals surface area contributed by atoms with Gasteiger partial charge in [-0.25, -0.2) is 0 Å². The molecule has 0 aliphatic rings. The maximum Gasteiger partial charge on any atom is 0.119 e. The molecule has 0 aromatic heterocycles. The van der Waals surface area contributed by atoms with Gasteiger partial charge in [0.15, 0.2) is 0 Å². The third-order valence-electron chi connectivity index (χ3n) is 4.31. The van der Waals surface area contributed by atoms with E-state index in [-0.39, 0.29) is 11.5 Å². The molecule has 130 valence electrons. The SMILES string of the molecule is CCC(C)Oc1ccc(CNCc2ccc(C(C)(C)C)cc2)cc1. The Morgan fingerprint density at radius 2 is 1.38 bits per heavy atom. The van der Waals surface area contributed by atoms with Crippen LogP contribution in [0.4, 0.5) is 0 Å². The Hall–Kier alpha value is -1.80. The van der Waals surface area contributed by atoms with E-state index in [0.717, 1.165) is 25.3 Å². The van der Waals surface area contributed by atoms with E-state index in [1.165, 1.54) is 16.7 Å². The first-order valence-electron chi connectivity index (χ1n) is 8.94. The minimum atomic E-state index is 0.213. The van der Waals surface area contributed by atoms with Crippen molar-refractivity contribution >= 4 is 0 Å². The molecule has 24 heavy (non-hydrogen) atoms. The highest BCUT2D eigenvalue weighted by molar-refractivity contribution is 5.29. The van der Waals surface area contributed by atoms with Crippen molar-refractivity contribution in [2.45, 2.75) is 65.6 Å². The quantitative estimate of drug-likeness (QED) is 0.730. The molecular weight excluding hydrogens is 294 g/mol. The fraction of sp³-hybridized carbons (Fsp3) is 0.455. The zero-order chi connectivity index (χ0) is 17.6. The zero-order valence-corrected chi connectivity index (χ0v) is 15.7. The topological polar surface area (TPSA) is 21.3 Å². The summed E-state index contributed by atoms with van der Waals surface area (Å²) in [6.07, 6.45) is 1.29. The lowest BCUT2D eigenvalue weighted by atomic mass is 9.87. The van der Waals surface area contributed by atoms with Crippen LogP contribution >= 0.6 is 0 Å². The molecule has 2 aromatic rings. The summed E-state index contributed by atoms with van der Waals surface area (Å²) in [5.41, 5.74) is 4.19. The van der Waals surface area contributed by atoms with Crippen LogP contribution in [0.1, 0.15) is 57.7 Å². The molecule has 2 rings (SSSR count). The number of benzene rings is 2. The average molecular weight is 325 g/mol. The van der Waals surface area contributed by atoms with E-state index in [9.17, 15) is 0 Å². The maximum absolute atomic E-state index is 5.81. The van der Waals surface area contributed by atoms with Crippen LogP contribution in [0.15, 0.2) is 48.5 Å². The van der Waals surface area contributed by atoms with Crippen LogP contribution in [0, 0.1) is 0 Å². The van der Waals surface area contributed by atoms with E-state index < -0.39 is 0 Å². The van der Waals surface area contributed by atoms with E-state index in [1.54, 1.807) is 0 Å². The molecule has 0 aliphatic heterocycles. The molecule has 0 heterocycles. The summed E-state index contributed by atoms with van der Waals surface area (Å²) >= 11 is 0. The van der Waals surface area contributed by atoms with Crippen LogP contribution in [-0.4, -0.2) is 6.10 Å². The van der Waals surface area contributed by atoms with Gasteiger partial charge in [-0.2, -0.15) is 0 Å². The van der Waals surface area contributed by atoms with Gasteiger partial charge in [-0.1, -0.05) is 64.1 Å². The number of hydrogen-bond donors (Lipinski definition) is 1. The number of rotatable bonds is 7. The molecule has 2 heteroatoms. The molecule has 0 saturated carbocycles. The Morgan fingerprint density at radius 3 is 1.83 bits per heavy atom. The molecule has 0 aliphatic carbocycles. The second-order valence-electron chi connectivity index (χ2n) is 7.53. The summed E-state index contributed by atoms with van der Waals surface area (Å²) in [7, 11) is 0. The second-order valence-corrected chi connectivity index (χ2v) is 7.53. The highest BCUT2D eigenvalue weighted by Gasteiger charge is 2.12. The maximum atomic E-state index is 5.81. The number of ether oxygens (including phenoxy) is 1. The van der Waals surface area contributed by atoms with Crippen molar-refractivity contribution in [1.82, 2.24) is 5.32 Å². The fourth-order valence-electron chi connectivity index (χ4n) is 2.48. The molecule has 2 aromatic carbocycles. The van der Waals surface area contributed by atoms with Gasteiger partial charge in [-0.05, 0) is 47.6 Å². The Balaban J connectivity index is 1.81. The van der Waals surface area contributed by atoms with Crippen LogP contribution < -0.4 is 10.1 Å². The van der Waals surface area contributed by atoms with Crippen molar-refractivity contribution in [2.24, 2.45) is 0 Å². The van der Waals surface area contributed by atoms with E-state index in [0.29, 0.717) is 0 Å². The summed E-state index contributed by atoms with van der Waals surface area (Å²) in [5, 5.41) is 3.51. The van der Waals surface area contributed by atoms with Crippen molar-refractivity contribution < 1.29 is 4.74 Å². The third kappa shape index (κ3) is 5.68. The summed E-state index contributed by atoms with van der Waals surface area (Å²) in [6.45, 7) is 12.7. The summed E-state index contributed by atoms with van der Waals surface area (Å²) in [6, 6.07) is 17.3. The van der Waals surface area contributed by atoms with Gasteiger partial charge in [0.1, 0.15) is 5.75 Å². The second kappa shape index (κ2) is 8.34. The van der Waals surface area contributed by atoms with Gasteiger partial charge in [0, 0.05) is 13.1 Å². The lowest BCUT2D eigenvalue weighted by Crippen LogP contribution is -2.14. The first-order valence-corrected chi connectivity index (χ1v) is 8.94. The van der Waals surface area contributed by atoms with Crippen molar-refractivity contribution in [3.05, 3.63) is 65.2 Å². The van der Waals surface area contributed by atoms with E-state index in [1.807, 2.05) is 0 Å². The number of hydrogen-bond acceptors (Lipinski definition) is 2. The molecule has 1 atom stereocenters. The van der Waals surface area contributed by atoms with E-state index >= 15 is 0 Å². The molecule has 0 bridgehead atoms. The van der Waals surface area contributed by atoms with Gasteiger partial charge < -0.3 is 10.1 Å². The first-order chi connectivity index (χ1) is 11.4. The van der Waals surface area contributed by atoms with Gasteiger partial charge in [0.05, 0.1) is 6.10 Å². The summed E-state index contributed by atoms with van der Waals surface area (Å²) < 4.78 is 5.81. The monoisotopic (exact) mass is 325 g/mol. The Labute approximate surface area is 147 Å². The Morgan fingerprint density at radius 1 is 0.875 bits per heavy atom. The van der Waals surface area contributed by atoms with Gasteiger partial charge in [-0.15, -0.1) is 0 Å². The molecule has 0 amide bonds. The Bertz CT molecular complexity index is 608. The predicted octanol–water partition coefficient (Wildman–Crippen LogP) is 5.45. The van der Waals surface area contributed by atoms with Crippen molar-refractivity contribution in [2.75, 3.05) is 0 Å². The molecular formula is C22H31NO. The molecule has 1 unspecified atom stereocenters. The van der Waals surface area contributed by atoms with Crippen LogP contribution in [0.3, 0.4) is 0 Å². The van der Waals surface area contributed by atoms with Gasteiger partial charge in [-0.3, -0.25) is 0 Å². The van der Waals surface area contributed by atoms with Crippen LogP contribution in [0.2, 0.25) is 0 Å². The molecule has 0 saturated heterocycles. The lowest BCUT2D eigenvalue weighted by molar-refractivity contribution is 0.217. The molecule has 0 spiro atoms.